The summed E-state index contributed by atoms with van der Waals surface area (Å²) in [5, 5.41) is 2.92. The van der Waals surface area contributed by atoms with E-state index in [9.17, 15) is 9.59 Å². The SMILES string of the molecule is COc1ccc(CNC(=O)c2ccc3c(c2)N(Cc2ccc(C)cc2)C(=O)CO3)cc1. The first-order valence-electron chi connectivity index (χ1n) is 10.1. The zero-order chi connectivity index (χ0) is 21.8. The van der Waals surface area contributed by atoms with Crippen LogP contribution in [0.3, 0.4) is 0 Å². The topological polar surface area (TPSA) is 67.9 Å². The molecule has 1 aliphatic heterocycles. The van der Waals surface area contributed by atoms with E-state index < -0.39 is 0 Å². The van der Waals surface area contributed by atoms with Crippen LogP contribution in [0.4, 0.5) is 5.69 Å². The number of nitrogens with zero attached hydrogens (tertiary/aromatic N) is 1. The fraction of sp³-hybridized carbons (Fsp3) is 0.200. The van der Waals surface area contributed by atoms with Gasteiger partial charge in [-0.2, -0.15) is 0 Å². The summed E-state index contributed by atoms with van der Waals surface area (Å²) in [6.07, 6.45) is 0. The molecule has 1 N–H and O–H groups in total. The Bertz CT molecular complexity index is 1090. The van der Waals surface area contributed by atoms with Crippen LogP contribution in [0, 0.1) is 6.92 Å². The normalized spacial score (nSPS) is 12.7. The summed E-state index contributed by atoms with van der Waals surface area (Å²) in [5.41, 5.74) is 4.22. The Labute approximate surface area is 181 Å². The molecule has 1 heterocycles. The Balaban J connectivity index is 1.51. The van der Waals surface area contributed by atoms with Crippen LogP contribution < -0.4 is 19.7 Å². The molecule has 2 amide bonds. The predicted molar refractivity (Wildman–Crippen MR) is 118 cm³/mol. The molecule has 1 aliphatic rings. The summed E-state index contributed by atoms with van der Waals surface area (Å²) >= 11 is 0. The minimum Gasteiger partial charge on any atom is -0.497 e. The smallest absolute Gasteiger partial charge is 0.265 e. The Kier molecular flexibility index (Phi) is 5.89. The molecule has 3 aromatic rings. The lowest BCUT2D eigenvalue weighted by Gasteiger charge is -2.30. The van der Waals surface area contributed by atoms with E-state index in [-0.39, 0.29) is 18.4 Å². The van der Waals surface area contributed by atoms with E-state index in [0.717, 1.165) is 22.4 Å². The minimum atomic E-state index is -0.216. The third kappa shape index (κ3) is 4.69. The molecule has 6 nitrogen and oxygen atoms in total. The van der Waals surface area contributed by atoms with Gasteiger partial charge in [0.25, 0.3) is 11.8 Å². The number of benzene rings is 3. The van der Waals surface area contributed by atoms with Crippen LogP contribution in [0.1, 0.15) is 27.0 Å². The lowest BCUT2D eigenvalue weighted by Crippen LogP contribution is -2.38. The summed E-state index contributed by atoms with van der Waals surface area (Å²) in [5.74, 6) is 1.01. The largest absolute Gasteiger partial charge is 0.497 e. The van der Waals surface area contributed by atoms with Gasteiger partial charge in [-0.3, -0.25) is 9.59 Å². The zero-order valence-corrected chi connectivity index (χ0v) is 17.6. The van der Waals surface area contributed by atoms with Crippen LogP contribution in [0.25, 0.3) is 0 Å². The maximum atomic E-state index is 12.7. The molecule has 0 aliphatic carbocycles. The molecule has 0 aromatic heterocycles. The Morgan fingerprint density at radius 3 is 2.45 bits per heavy atom. The van der Waals surface area contributed by atoms with Crippen LogP contribution in [0.15, 0.2) is 66.7 Å². The van der Waals surface area contributed by atoms with E-state index in [0.29, 0.717) is 30.1 Å². The standard InChI is InChI=1S/C25H24N2O4/c1-17-3-5-19(6-4-17)15-27-22-13-20(9-12-23(22)31-16-24(27)28)25(29)26-14-18-7-10-21(30-2)11-8-18/h3-13H,14-16H2,1-2H3,(H,26,29). The number of methoxy groups -OCH3 is 1. The molecule has 0 unspecified atom stereocenters. The van der Waals surface area contributed by atoms with Crippen LogP contribution in [-0.4, -0.2) is 25.5 Å². The number of hydrogen-bond donors (Lipinski definition) is 1. The van der Waals surface area contributed by atoms with E-state index >= 15 is 0 Å². The average Bonchev–Trinajstić information content (AvgIpc) is 2.80. The minimum absolute atomic E-state index is 0.0120. The monoisotopic (exact) mass is 416 g/mol. The quantitative estimate of drug-likeness (QED) is 0.663. The van der Waals surface area contributed by atoms with Crippen LogP contribution >= 0.6 is 0 Å². The number of rotatable bonds is 6. The number of carbonyl (C=O) groups excluding carboxylic acids is 2. The predicted octanol–water partition coefficient (Wildman–Crippen LogP) is 3.86. The summed E-state index contributed by atoms with van der Waals surface area (Å²) in [6.45, 7) is 2.83. The highest BCUT2D eigenvalue weighted by Crippen LogP contribution is 2.34. The molecule has 0 saturated carbocycles. The number of aryl methyl sites for hydroxylation is 1. The van der Waals surface area contributed by atoms with Crippen molar-refractivity contribution < 1.29 is 19.1 Å². The Morgan fingerprint density at radius 2 is 1.74 bits per heavy atom. The van der Waals surface area contributed by atoms with Gasteiger partial charge in [-0.15, -0.1) is 0 Å². The van der Waals surface area contributed by atoms with Gasteiger partial charge in [-0.25, -0.2) is 0 Å². The van der Waals surface area contributed by atoms with Crippen molar-refractivity contribution in [2.45, 2.75) is 20.0 Å². The number of amides is 2. The summed E-state index contributed by atoms with van der Waals surface area (Å²) in [4.78, 5) is 27.0. The molecular weight excluding hydrogens is 392 g/mol. The zero-order valence-electron chi connectivity index (χ0n) is 17.6. The Hall–Kier alpha value is -3.80. The highest BCUT2D eigenvalue weighted by atomic mass is 16.5. The highest BCUT2D eigenvalue weighted by Gasteiger charge is 2.26. The molecular formula is C25H24N2O4. The highest BCUT2D eigenvalue weighted by molar-refractivity contribution is 6.01. The third-order valence-corrected chi connectivity index (χ3v) is 5.24. The van der Waals surface area contributed by atoms with Crippen LogP contribution in [0.5, 0.6) is 11.5 Å². The fourth-order valence-electron chi connectivity index (χ4n) is 3.42. The van der Waals surface area contributed by atoms with E-state index in [1.54, 1.807) is 30.2 Å². The van der Waals surface area contributed by atoms with Gasteiger partial charge in [0.1, 0.15) is 11.5 Å². The fourth-order valence-corrected chi connectivity index (χ4v) is 3.42. The molecule has 158 valence electrons. The lowest BCUT2D eigenvalue weighted by atomic mass is 10.1. The number of nitrogens with one attached hydrogen (secondary N) is 1. The second-order valence-electron chi connectivity index (χ2n) is 7.47. The van der Waals surface area contributed by atoms with Crippen molar-refractivity contribution in [3.8, 4) is 11.5 Å². The van der Waals surface area contributed by atoms with E-state index in [2.05, 4.69) is 5.32 Å². The van der Waals surface area contributed by atoms with Crippen molar-refractivity contribution in [1.82, 2.24) is 5.32 Å². The number of hydrogen-bond acceptors (Lipinski definition) is 4. The molecule has 0 radical (unpaired) electrons. The molecule has 6 heteroatoms. The molecule has 0 spiro atoms. The van der Waals surface area contributed by atoms with E-state index in [1.807, 2.05) is 55.5 Å². The van der Waals surface area contributed by atoms with E-state index in [4.69, 9.17) is 9.47 Å². The average molecular weight is 416 g/mol. The second-order valence-corrected chi connectivity index (χ2v) is 7.47. The van der Waals surface area contributed by atoms with Crippen molar-refractivity contribution >= 4 is 17.5 Å². The van der Waals surface area contributed by atoms with Crippen LogP contribution in [-0.2, 0) is 17.9 Å². The first kappa shape index (κ1) is 20.5. The van der Waals surface area contributed by atoms with Crippen molar-refractivity contribution in [2.75, 3.05) is 18.6 Å². The number of ether oxygens (including phenoxy) is 2. The third-order valence-electron chi connectivity index (χ3n) is 5.24. The first-order chi connectivity index (χ1) is 15.0. The first-order valence-corrected chi connectivity index (χ1v) is 10.1. The van der Waals surface area contributed by atoms with Gasteiger partial charge in [0, 0.05) is 12.1 Å². The van der Waals surface area contributed by atoms with Crippen molar-refractivity contribution in [1.29, 1.82) is 0 Å². The lowest BCUT2D eigenvalue weighted by molar-refractivity contribution is -0.121. The van der Waals surface area contributed by atoms with Gasteiger partial charge in [-0.05, 0) is 48.4 Å². The van der Waals surface area contributed by atoms with Gasteiger partial charge < -0.3 is 19.7 Å². The molecule has 0 bridgehead atoms. The molecule has 0 saturated heterocycles. The Morgan fingerprint density at radius 1 is 1.03 bits per heavy atom. The summed E-state index contributed by atoms with van der Waals surface area (Å²) in [6, 6.07) is 20.7. The molecule has 0 atom stereocenters. The van der Waals surface area contributed by atoms with Crippen molar-refractivity contribution in [2.24, 2.45) is 0 Å². The van der Waals surface area contributed by atoms with Crippen molar-refractivity contribution in [3.63, 3.8) is 0 Å². The number of fused-ring (bicyclic) bond motifs is 1. The molecule has 31 heavy (non-hydrogen) atoms. The van der Waals surface area contributed by atoms with Gasteiger partial charge in [0.2, 0.25) is 0 Å². The molecule has 0 fully saturated rings. The van der Waals surface area contributed by atoms with Crippen molar-refractivity contribution in [3.05, 3.63) is 89.0 Å². The molecule has 4 rings (SSSR count). The van der Waals surface area contributed by atoms with Crippen LogP contribution in [0.2, 0.25) is 0 Å². The summed E-state index contributed by atoms with van der Waals surface area (Å²) < 4.78 is 10.7. The van der Waals surface area contributed by atoms with Gasteiger partial charge >= 0.3 is 0 Å². The van der Waals surface area contributed by atoms with E-state index in [1.165, 1.54) is 0 Å². The maximum Gasteiger partial charge on any atom is 0.265 e. The van der Waals surface area contributed by atoms with Gasteiger partial charge in [0.15, 0.2) is 6.61 Å². The molecule has 3 aromatic carbocycles. The van der Waals surface area contributed by atoms with Gasteiger partial charge in [0.05, 0.1) is 19.3 Å². The maximum absolute atomic E-state index is 12.7. The summed E-state index contributed by atoms with van der Waals surface area (Å²) in [7, 11) is 1.61. The number of anilines is 1. The number of carbonyl (C=O) groups is 2. The van der Waals surface area contributed by atoms with Gasteiger partial charge in [-0.1, -0.05) is 42.0 Å². The second kappa shape index (κ2) is 8.92.